The van der Waals surface area contributed by atoms with Crippen LogP contribution in [0.25, 0.3) is 0 Å². The second kappa shape index (κ2) is 4.00. The Morgan fingerprint density at radius 2 is 1.80 bits per heavy atom. The lowest BCUT2D eigenvalue weighted by Crippen LogP contribution is -2.06. The van der Waals surface area contributed by atoms with Crippen molar-refractivity contribution in [1.29, 1.82) is 0 Å². The van der Waals surface area contributed by atoms with Crippen LogP contribution >= 0.6 is 0 Å². The van der Waals surface area contributed by atoms with E-state index >= 15 is 0 Å². The summed E-state index contributed by atoms with van der Waals surface area (Å²) >= 11 is 0. The van der Waals surface area contributed by atoms with Crippen molar-refractivity contribution in [2.45, 2.75) is 6.92 Å². The smallest absolute Gasteiger partial charge is 0.339 e. The van der Waals surface area contributed by atoms with Gasteiger partial charge in [0, 0.05) is 0 Å². The number of methoxy groups -OCH3 is 1. The number of aromatic carboxylic acids is 2. The maximum Gasteiger partial charge on any atom is 0.339 e. The molecule has 0 saturated heterocycles. The van der Waals surface area contributed by atoms with Crippen LogP contribution in [0.2, 0.25) is 0 Å². The lowest BCUT2D eigenvalue weighted by molar-refractivity contribution is 0.0693. The van der Waals surface area contributed by atoms with Gasteiger partial charge in [-0.3, -0.25) is 0 Å². The van der Waals surface area contributed by atoms with Crippen LogP contribution in [0.4, 0.5) is 0 Å². The number of aryl methyl sites for hydroxylation is 1. The summed E-state index contributed by atoms with van der Waals surface area (Å²) in [5.74, 6) is -2.19. The molecule has 2 N–H and O–H groups in total. The van der Waals surface area contributed by atoms with Crippen LogP contribution in [-0.4, -0.2) is 29.3 Å². The lowest BCUT2D eigenvalue weighted by Gasteiger charge is -2.09. The number of carboxylic acid groups (broad SMARTS) is 2. The van der Waals surface area contributed by atoms with Crippen molar-refractivity contribution in [1.82, 2.24) is 0 Å². The third-order valence-corrected chi connectivity index (χ3v) is 1.96. The van der Waals surface area contributed by atoms with Crippen molar-refractivity contribution in [3.05, 3.63) is 28.8 Å². The first-order chi connectivity index (χ1) is 6.97. The standard InChI is InChI=1S/C10H10O5/c1-5-3-6(9(11)12)4-7(10(13)14)8(5)15-2/h3-4H,1-2H3,(H,11,12)(H,13,14). The SMILES string of the molecule is COc1c(C)cc(C(=O)O)cc1C(=O)O. The first-order valence-electron chi connectivity index (χ1n) is 4.12. The molecule has 5 heteroatoms. The molecular weight excluding hydrogens is 200 g/mol. The van der Waals surface area contributed by atoms with Gasteiger partial charge in [0.2, 0.25) is 0 Å². The third-order valence-electron chi connectivity index (χ3n) is 1.96. The second-order valence-electron chi connectivity index (χ2n) is 2.98. The van der Waals surface area contributed by atoms with Crippen LogP contribution in [0, 0.1) is 6.92 Å². The largest absolute Gasteiger partial charge is 0.496 e. The van der Waals surface area contributed by atoms with Gasteiger partial charge in [0.05, 0.1) is 12.7 Å². The molecule has 0 saturated carbocycles. The topological polar surface area (TPSA) is 83.8 Å². The van der Waals surface area contributed by atoms with Crippen molar-refractivity contribution < 1.29 is 24.5 Å². The zero-order chi connectivity index (χ0) is 11.6. The molecule has 1 aromatic rings. The molecular formula is C10H10O5. The first kappa shape index (κ1) is 11.0. The van der Waals surface area contributed by atoms with E-state index in [0.717, 1.165) is 6.07 Å². The summed E-state index contributed by atoms with van der Waals surface area (Å²) in [5, 5.41) is 17.6. The van der Waals surface area contributed by atoms with E-state index in [1.54, 1.807) is 6.92 Å². The fourth-order valence-electron chi connectivity index (χ4n) is 1.33. The van der Waals surface area contributed by atoms with E-state index in [0.29, 0.717) is 5.56 Å². The minimum atomic E-state index is -1.21. The number of hydrogen-bond donors (Lipinski definition) is 2. The predicted molar refractivity (Wildman–Crippen MR) is 51.6 cm³/mol. The van der Waals surface area contributed by atoms with Crippen LogP contribution in [0.5, 0.6) is 5.75 Å². The Labute approximate surface area is 85.9 Å². The van der Waals surface area contributed by atoms with Gasteiger partial charge in [-0.25, -0.2) is 9.59 Å². The van der Waals surface area contributed by atoms with Gasteiger partial charge in [-0.1, -0.05) is 0 Å². The Hall–Kier alpha value is -2.04. The highest BCUT2D eigenvalue weighted by molar-refractivity contribution is 5.96. The molecule has 0 spiro atoms. The quantitative estimate of drug-likeness (QED) is 0.787. The molecule has 0 amide bonds. The molecule has 0 fully saturated rings. The van der Waals surface area contributed by atoms with Gasteiger partial charge in [0.25, 0.3) is 0 Å². The minimum absolute atomic E-state index is 0.0642. The molecule has 0 unspecified atom stereocenters. The maximum absolute atomic E-state index is 10.8. The van der Waals surface area contributed by atoms with Crippen molar-refractivity contribution in [2.24, 2.45) is 0 Å². The molecule has 1 aromatic carbocycles. The van der Waals surface area contributed by atoms with Gasteiger partial charge >= 0.3 is 11.9 Å². The molecule has 80 valence electrons. The predicted octanol–water partition coefficient (Wildman–Crippen LogP) is 1.40. The zero-order valence-corrected chi connectivity index (χ0v) is 8.27. The fourth-order valence-corrected chi connectivity index (χ4v) is 1.33. The number of benzene rings is 1. The molecule has 5 nitrogen and oxygen atoms in total. The van der Waals surface area contributed by atoms with Crippen LogP contribution in [-0.2, 0) is 0 Å². The summed E-state index contributed by atoms with van der Waals surface area (Å²) in [6.45, 7) is 1.59. The summed E-state index contributed by atoms with van der Waals surface area (Å²) in [6, 6.07) is 2.45. The van der Waals surface area contributed by atoms with Gasteiger partial charge in [-0.2, -0.15) is 0 Å². The van der Waals surface area contributed by atoms with Crippen molar-refractivity contribution in [3.63, 3.8) is 0 Å². The third kappa shape index (κ3) is 2.07. The van der Waals surface area contributed by atoms with Crippen LogP contribution in [0.3, 0.4) is 0 Å². The Morgan fingerprint density at radius 1 is 1.20 bits per heavy atom. The zero-order valence-electron chi connectivity index (χ0n) is 8.27. The summed E-state index contributed by atoms with van der Waals surface area (Å²) < 4.78 is 4.90. The maximum atomic E-state index is 10.8. The van der Waals surface area contributed by atoms with Crippen LogP contribution in [0.1, 0.15) is 26.3 Å². The lowest BCUT2D eigenvalue weighted by atomic mass is 10.0. The Balaban J connectivity index is 3.45. The molecule has 0 heterocycles. The number of ether oxygens (including phenoxy) is 1. The second-order valence-corrected chi connectivity index (χ2v) is 2.98. The Kier molecular flexibility index (Phi) is 2.94. The van der Waals surface area contributed by atoms with Crippen molar-refractivity contribution >= 4 is 11.9 Å². The number of carboxylic acids is 2. The Morgan fingerprint density at radius 3 is 2.20 bits per heavy atom. The monoisotopic (exact) mass is 210 g/mol. The molecule has 15 heavy (non-hydrogen) atoms. The molecule has 0 aliphatic carbocycles. The van der Waals surface area contributed by atoms with E-state index in [4.69, 9.17) is 14.9 Å². The molecule has 0 radical (unpaired) electrons. The summed E-state index contributed by atoms with van der Waals surface area (Å²) in [6.07, 6.45) is 0. The summed E-state index contributed by atoms with van der Waals surface area (Å²) in [5.41, 5.74) is 0.274. The normalized spacial score (nSPS) is 9.73. The average molecular weight is 210 g/mol. The van der Waals surface area contributed by atoms with Gasteiger partial charge in [-0.15, -0.1) is 0 Å². The number of carbonyl (C=O) groups is 2. The molecule has 0 atom stereocenters. The highest BCUT2D eigenvalue weighted by Crippen LogP contribution is 2.25. The minimum Gasteiger partial charge on any atom is -0.496 e. The van der Waals surface area contributed by atoms with E-state index in [2.05, 4.69) is 0 Å². The highest BCUT2D eigenvalue weighted by atomic mass is 16.5. The summed E-state index contributed by atoms with van der Waals surface area (Å²) in [7, 11) is 1.34. The van der Waals surface area contributed by atoms with Gasteiger partial charge < -0.3 is 14.9 Å². The van der Waals surface area contributed by atoms with E-state index in [-0.39, 0.29) is 16.9 Å². The fraction of sp³-hybridized carbons (Fsp3) is 0.200. The van der Waals surface area contributed by atoms with Gasteiger partial charge in [-0.05, 0) is 24.6 Å². The molecule has 0 aromatic heterocycles. The number of rotatable bonds is 3. The highest BCUT2D eigenvalue weighted by Gasteiger charge is 2.17. The van der Waals surface area contributed by atoms with Crippen LogP contribution in [0.15, 0.2) is 12.1 Å². The van der Waals surface area contributed by atoms with E-state index < -0.39 is 11.9 Å². The number of hydrogen-bond acceptors (Lipinski definition) is 3. The molecule has 0 aliphatic heterocycles. The molecule has 1 rings (SSSR count). The van der Waals surface area contributed by atoms with Crippen LogP contribution < -0.4 is 4.74 Å². The van der Waals surface area contributed by atoms with Crippen molar-refractivity contribution in [3.8, 4) is 5.75 Å². The first-order valence-corrected chi connectivity index (χ1v) is 4.12. The van der Waals surface area contributed by atoms with Crippen molar-refractivity contribution in [2.75, 3.05) is 7.11 Å². The molecule has 0 aliphatic rings. The van der Waals surface area contributed by atoms with E-state index in [1.165, 1.54) is 13.2 Å². The summed E-state index contributed by atoms with van der Waals surface area (Å²) in [4.78, 5) is 21.5. The average Bonchev–Trinajstić information content (AvgIpc) is 2.16. The van der Waals surface area contributed by atoms with E-state index in [1.807, 2.05) is 0 Å². The van der Waals surface area contributed by atoms with Gasteiger partial charge in [0.1, 0.15) is 11.3 Å². The van der Waals surface area contributed by atoms with E-state index in [9.17, 15) is 9.59 Å². The van der Waals surface area contributed by atoms with Gasteiger partial charge in [0.15, 0.2) is 0 Å². The Bertz CT molecular complexity index is 422. The molecule has 0 bridgehead atoms.